The van der Waals surface area contributed by atoms with Gasteiger partial charge in [-0.05, 0) is 25.0 Å². The number of halogens is 1. The first-order valence-corrected chi connectivity index (χ1v) is 11.2. The predicted octanol–water partition coefficient (Wildman–Crippen LogP) is 4.29. The summed E-state index contributed by atoms with van der Waals surface area (Å²) < 4.78 is 12.8. The van der Waals surface area contributed by atoms with Crippen LogP contribution in [0.5, 0.6) is 5.75 Å². The summed E-state index contributed by atoms with van der Waals surface area (Å²) in [6.45, 7) is 0.298. The zero-order chi connectivity index (χ0) is 21.5. The van der Waals surface area contributed by atoms with Crippen molar-refractivity contribution in [3.63, 3.8) is 0 Å². The normalized spacial score (nSPS) is 21.6. The fourth-order valence-corrected chi connectivity index (χ4v) is 5.04. The van der Waals surface area contributed by atoms with Crippen molar-refractivity contribution in [2.75, 3.05) is 0 Å². The second-order valence-electron chi connectivity index (χ2n) is 8.01. The first kappa shape index (κ1) is 20.2. The molecular formula is C23H21BrN2O5. The largest absolute Gasteiger partial charge is 0.460 e. The maximum absolute atomic E-state index is 13.0. The number of hydrogen-bond acceptors (Lipinski definition) is 5. The van der Waals surface area contributed by atoms with E-state index in [1.165, 1.54) is 0 Å². The summed E-state index contributed by atoms with van der Waals surface area (Å²) in [5, 5.41) is 0. The molecule has 8 heteroatoms. The Balaban J connectivity index is 1.44. The SMILES string of the molecule is O=C1C(=O)N(C2CCCC2)C(=O)N1Cc1cc(Br)cc2c1OC(c1ccccc1)OC2. The minimum Gasteiger partial charge on any atom is -0.460 e. The third kappa shape index (κ3) is 3.64. The number of imide groups is 2. The second-order valence-corrected chi connectivity index (χ2v) is 8.93. The molecular weight excluding hydrogens is 464 g/mol. The highest BCUT2D eigenvalue weighted by atomic mass is 79.9. The monoisotopic (exact) mass is 484 g/mol. The van der Waals surface area contributed by atoms with Crippen LogP contribution in [0.1, 0.15) is 48.7 Å². The molecule has 3 aliphatic rings. The van der Waals surface area contributed by atoms with Crippen LogP contribution in [0.15, 0.2) is 46.9 Å². The van der Waals surface area contributed by atoms with E-state index in [1.807, 2.05) is 42.5 Å². The van der Waals surface area contributed by atoms with Gasteiger partial charge in [0.25, 0.3) is 0 Å². The van der Waals surface area contributed by atoms with Crippen LogP contribution >= 0.6 is 15.9 Å². The number of amides is 4. The Morgan fingerprint density at radius 1 is 1.00 bits per heavy atom. The third-order valence-electron chi connectivity index (χ3n) is 6.00. The molecule has 160 valence electrons. The molecule has 0 aromatic heterocycles. The van der Waals surface area contributed by atoms with Crippen molar-refractivity contribution in [3.05, 3.63) is 63.6 Å². The molecule has 2 heterocycles. The maximum Gasteiger partial charge on any atom is 0.334 e. The first-order chi connectivity index (χ1) is 15.0. The summed E-state index contributed by atoms with van der Waals surface area (Å²) in [5.41, 5.74) is 2.34. The zero-order valence-corrected chi connectivity index (χ0v) is 18.3. The summed E-state index contributed by atoms with van der Waals surface area (Å²) >= 11 is 3.48. The van der Waals surface area contributed by atoms with E-state index in [-0.39, 0.29) is 12.6 Å². The van der Waals surface area contributed by atoms with E-state index in [1.54, 1.807) is 0 Å². The van der Waals surface area contributed by atoms with Gasteiger partial charge in [0.1, 0.15) is 5.75 Å². The van der Waals surface area contributed by atoms with Crippen LogP contribution in [-0.2, 0) is 27.5 Å². The van der Waals surface area contributed by atoms with Crippen molar-refractivity contribution in [2.24, 2.45) is 0 Å². The lowest BCUT2D eigenvalue weighted by atomic mass is 10.1. The molecule has 2 aromatic rings. The molecule has 31 heavy (non-hydrogen) atoms. The molecule has 1 aliphatic carbocycles. The minimum absolute atomic E-state index is 0.0318. The smallest absolute Gasteiger partial charge is 0.334 e. The minimum atomic E-state index is -0.780. The number of urea groups is 1. The van der Waals surface area contributed by atoms with Gasteiger partial charge in [-0.1, -0.05) is 59.1 Å². The highest BCUT2D eigenvalue weighted by Crippen LogP contribution is 2.39. The number of hydrogen-bond donors (Lipinski definition) is 0. The van der Waals surface area contributed by atoms with Crippen LogP contribution in [0, 0.1) is 0 Å². The van der Waals surface area contributed by atoms with Crippen molar-refractivity contribution in [1.29, 1.82) is 0 Å². The molecule has 0 N–H and O–H groups in total. The van der Waals surface area contributed by atoms with E-state index < -0.39 is 24.1 Å². The molecule has 4 amide bonds. The summed E-state index contributed by atoms with van der Waals surface area (Å²) in [6, 6.07) is 12.6. The van der Waals surface area contributed by atoms with Gasteiger partial charge in [0.05, 0.1) is 13.2 Å². The van der Waals surface area contributed by atoms with E-state index in [9.17, 15) is 14.4 Å². The van der Waals surface area contributed by atoms with Gasteiger partial charge in [-0.2, -0.15) is 0 Å². The highest BCUT2D eigenvalue weighted by Gasteiger charge is 2.48. The Morgan fingerprint density at radius 2 is 1.74 bits per heavy atom. The highest BCUT2D eigenvalue weighted by molar-refractivity contribution is 9.10. The number of fused-ring (bicyclic) bond motifs is 1. The lowest BCUT2D eigenvalue weighted by Crippen LogP contribution is -2.39. The quantitative estimate of drug-likeness (QED) is 0.477. The average molecular weight is 485 g/mol. The fourth-order valence-electron chi connectivity index (χ4n) is 4.49. The fraction of sp³-hybridized carbons (Fsp3) is 0.348. The third-order valence-corrected chi connectivity index (χ3v) is 6.45. The lowest BCUT2D eigenvalue weighted by molar-refractivity contribution is -0.144. The summed E-state index contributed by atoms with van der Waals surface area (Å²) in [4.78, 5) is 40.4. The van der Waals surface area contributed by atoms with Gasteiger partial charge in [-0.15, -0.1) is 0 Å². The molecule has 0 spiro atoms. The van der Waals surface area contributed by atoms with Crippen LogP contribution in [0.4, 0.5) is 4.79 Å². The van der Waals surface area contributed by atoms with Gasteiger partial charge in [0, 0.05) is 27.2 Å². The lowest BCUT2D eigenvalue weighted by Gasteiger charge is -2.29. The predicted molar refractivity (Wildman–Crippen MR) is 114 cm³/mol. The van der Waals surface area contributed by atoms with Gasteiger partial charge >= 0.3 is 17.8 Å². The zero-order valence-electron chi connectivity index (χ0n) is 16.8. The Hall–Kier alpha value is -2.71. The van der Waals surface area contributed by atoms with Crippen LogP contribution in [0.2, 0.25) is 0 Å². The van der Waals surface area contributed by atoms with Crippen molar-refractivity contribution in [3.8, 4) is 5.75 Å². The molecule has 1 unspecified atom stereocenters. The number of carbonyl (C=O) groups is 3. The number of carbonyl (C=O) groups excluding carboxylic acids is 3. The van der Waals surface area contributed by atoms with Crippen molar-refractivity contribution in [2.45, 2.75) is 51.2 Å². The summed E-state index contributed by atoms with van der Waals surface area (Å²) in [6.07, 6.45) is 2.84. The number of rotatable bonds is 4. The van der Waals surface area contributed by atoms with Crippen molar-refractivity contribution in [1.82, 2.24) is 9.80 Å². The van der Waals surface area contributed by atoms with Crippen LogP contribution < -0.4 is 4.74 Å². The Kier molecular flexibility index (Phi) is 5.27. The molecule has 7 nitrogen and oxygen atoms in total. The number of benzene rings is 2. The topological polar surface area (TPSA) is 76.2 Å². The molecule has 2 aliphatic heterocycles. The van der Waals surface area contributed by atoms with E-state index in [0.717, 1.165) is 51.1 Å². The molecule has 1 atom stereocenters. The molecule has 1 saturated carbocycles. The first-order valence-electron chi connectivity index (χ1n) is 10.4. The van der Waals surface area contributed by atoms with Gasteiger partial charge in [0.2, 0.25) is 6.29 Å². The van der Waals surface area contributed by atoms with Crippen LogP contribution in [-0.4, -0.2) is 33.7 Å². The summed E-state index contributed by atoms with van der Waals surface area (Å²) in [5.74, 6) is -0.930. The van der Waals surface area contributed by atoms with E-state index in [4.69, 9.17) is 9.47 Å². The molecule has 5 rings (SSSR count). The Morgan fingerprint density at radius 3 is 2.48 bits per heavy atom. The van der Waals surface area contributed by atoms with E-state index in [0.29, 0.717) is 17.9 Å². The standard InChI is InChI=1S/C23H21BrN2O5/c24-17-10-15(12-25-20(27)21(28)26(23(25)29)18-8-4-5-9-18)19-16(11-17)13-30-22(31-19)14-6-2-1-3-7-14/h1-3,6-7,10-11,18,22H,4-5,8-9,12-13H2. The maximum atomic E-state index is 13.0. The van der Waals surface area contributed by atoms with Gasteiger partial charge in [-0.25, -0.2) is 4.79 Å². The van der Waals surface area contributed by atoms with Gasteiger partial charge in [-0.3, -0.25) is 19.4 Å². The second kappa shape index (κ2) is 8.09. The molecule has 0 radical (unpaired) electrons. The molecule has 2 fully saturated rings. The molecule has 1 saturated heterocycles. The van der Waals surface area contributed by atoms with Gasteiger partial charge in [0.15, 0.2) is 0 Å². The van der Waals surface area contributed by atoms with Gasteiger partial charge < -0.3 is 9.47 Å². The number of ether oxygens (including phenoxy) is 2. The van der Waals surface area contributed by atoms with Crippen molar-refractivity contribution >= 4 is 33.8 Å². The summed E-state index contributed by atoms with van der Waals surface area (Å²) in [7, 11) is 0. The van der Waals surface area contributed by atoms with Crippen LogP contribution in [0.25, 0.3) is 0 Å². The van der Waals surface area contributed by atoms with Crippen molar-refractivity contribution < 1.29 is 23.9 Å². The average Bonchev–Trinajstić information content (AvgIpc) is 3.37. The van der Waals surface area contributed by atoms with Crippen LogP contribution in [0.3, 0.4) is 0 Å². The van der Waals surface area contributed by atoms with E-state index in [2.05, 4.69) is 15.9 Å². The molecule has 2 aromatic carbocycles. The Labute approximate surface area is 188 Å². The molecule has 0 bridgehead atoms. The number of nitrogens with zero attached hydrogens (tertiary/aromatic N) is 2. The Bertz CT molecular complexity index is 1050. The van der Waals surface area contributed by atoms with E-state index >= 15 is 0 Å².